The molecule has 2 aromatic heterocycles. The van der Waals surface area contributed by atoms with Gasteiger partial charge in [0, 0.05) is 35.0 Å². The third-order valence-electron chi connectivity index (χ3n) is 5.60. The summed E-state index contributed by atoms with van der Waals surface area (Å²) in [6.45, 7) is 1.83. The second-order valence-electron chi connectivity index (χ2n) is 7.81. The molecule has 1 saturated heterocycles. The summed E-state index contributed by atoms with van der Waals surface area (Å²) in [6, 6.07) is 12.9. The summed E-state index contributed by atoms with van der Waals surface area (Å²) in [4.78, 5) is 18.5. The van der Waals surface area contributed by atoms with Crippen LogP contribution < -0.4 is 5.32 Å². The first kappa shape index (κ1) is 20.6. The number of ether oxygens (including phenoxy) is 1. The number of nitrogens with one attached hydrogen (secondary N) is 1. The van der Waals surface area contributed by atoms with E-state index in [0.717, 1.165) is 34.3 Å². The van der Waals surface area contributed by atoms with Crippen LogP contribution in [0.3, 0.4) is 0 Å². The van der Waals surface area contributed by atoms with E-state index < -0.39 is 10.0 Å². The molecule has 1 aliphatic heterocycles. The molecule has 1 aromatic carbocycles. The van der Waals surface area contributed by atoms with Crippen molar-refractivity contribution in [1.29, 1.82) is 0 Å². The van der Waals surface area contributed by atoms with Crippen LogP contribution >= 0.6 is 11.3 Å². The number of fused-ring (bicyclic) bond motifs is 1. The van der Waals surface area contributed by atoms with Gasteiger partial charge in [0.15, 0.2) is 0 Å². The van der Waals surface area contributed by atoms with Crippen LogP contribution in [-0.4, -0.2) is 49.9 Å². The second-order valence-corrected chi connectivity index (χ2v) is 11.1. The van der Waals surface area contributed by atoms with Crippen molar-refractivity contribution in [2.45, 2.75) is 29.5 Å². The molecule has 9 heteroatoms. The maximum Gasteiger partial charge on any atom is 0.252 e. The number of hydrogen-bond acceptors (Lipinski definition) is 6. The number of sulfonamides is 1. The SMILES string of the molecule is O=C(NCc1ccc(S(=O)(=O)N2CCOCC2)s1)c1cc(C2CC2)nc2ccccc12. The summed E-state index contributed by atoms with van der Waals surface area (Å²) >= 11 is 1.19. The highest BCUT2D eigenvalue weighted by molar-refractivity contribution is 7.91. The van der Waals surface area contributed by atoms with E-state index in [1.807, 2.05) is 30.3 Å². The van der Waals surface area contributed by atoms with E-state index in [9.17, 15) is 13.2 Å². The van der Waals surface area contributed by atoms with Crippen molar-refractivity contribution in [3.05, 3.63) is 58.6 Å². The van der Waals surface area contributed by atoms with Gasteiger partial charge in [-0.2, -0.15) is 4.31 Å². The van der Waals surface area contributed by atoms with Gasteiger partial charge in [-0.1, -0.05) is 18.2 Å². The van der Waals surface area contributed by atoms with E-state index >= 15 is 0 Å². The van der Waals surface area contributed by atoms with Crippen molar-refractivity contribution in [1.82, 2.24) is 14.6 Å². The summed E-state index contributed by atoms with van der Waals surface area (Å²) in [5.41, 5.74) is 2.41. The van der Waals surface area contributed by atoms with Gasteiger partial charge in [-0.05, 0) is 37.1 Å². The Hall–Kier alpha value is -2.33. The Balaban J connectivity index is 1.33. The molecule has 1 amide bonds. The summed E-state index contributed by atoms with van der Waals surface area (Å²) in [7, 11) is -3.52. The Morgan fingerprint density at radius 2 is 1.94 bits per heavy atom. The number of pyridine rings is 1. The van der Waals surface area contributed by atoms with Crippen LogP contribution in [0.1, 0.15) is 39.7 Å². The van der Waals surface area contributed by atoms with Crippen LogP contribution in [0.25, 0.3) is 10.9 Å². The molecule has 2 fully saturated rings. The van der Waals surface area contributed by atoms with Crippen LogP contribution in [-0.2, 0) is 21.3 Å². The van der Waals surface area contributed by atoms with E-state index in [1.165, 1.54) is 15.6 Å². The number of rotatable bonds is 6. The standard InChI is InChI=1S/C22H23N3O4S2/c26-22(18-13-20(15-5-6-15)24-19-4-2-1-3-17(18)19)23-14-16-7-8-21(30-16)31(27,28)25-9-11-29-12-10-25/h1-4,7-8,13,15H,5-6,9-12,14H2,(H,23,26). The van der Waals surface area contributed by atoms with Crippen molar-refractivity contribution in [3.63, 3.8) is 0 Å². The molecule has 162 valence electrons. The third kappa shape index (κ3) is 4.23. The van der Waals surface area contributed by atoms with Gasteiger partial charge < -0.3 is 10.1 Å². The molecule has 3 aromatic rings. The molecular formula is C22H23N3O4S2. The molecular weight excluding hydrogens is 434 g/mol. The molecule has 0 spiro atoms. The molecule has 5 rings (SSSR count). The van der Waals surface area contributed by atoms with E-state index in [4.69, 9.17) is 9.72 Å². The number of carbonyl (C=O) groups is 1. The average Bonchev–Trinajstić information content (AvgIpc) is 3.54. The second kappa shape index (κ2) is 8.31. The van der Waals surface area contributed by atoms with Crippen LogP contribution in [0.4, 0.5) is 0 Å². The number of aromatic nitrogens is 1. The number of morpholine rings is 1. The third-order valence-corrected chi connectivity index (χ3v) is 9.05. The highest BCUT2D eigenvalue weighted by atomic mass is 32.2. The summed E-state index contributed by atoms with van der Waals surface area (Å²) in [6.07, 6.45) is 2.23. The summed E-state index contributed by atoms with van der Waals surface area (Å²) in [5.74, 6) is 0.271. The van der Waals surface area contributed by atoms with Gasteiger partial charge in [0.05, 0.1) is 30.8 Å². The van der Waals surface area contributed by atoms with Crippen molar-refractivity contribution >= 4 is 38.2 Å². The van der Waals surface area contributed by atoms with E-state index in [2.05, 4.69) is 5.32 Å². The van der Waals surface area contributed by atoms with Gasteiger partial charge in [-0.25, -0.2) is 8.42 Å². The van der Waals surface area contributed by atoms with Crippen LogP contribution in [0.5, 0.6) is 0 Å². The first-order valence-electron chi connectivity index (χ1n) is 10.4. The Morgan fingerprint density at radius 1 is 1.16 bits per heavy atom. The van der Waals surface area contributed by atoms with Crippen LogP contribution in [0.2, 0.25) is 0 Å². The predicted octanol–water partition coefficient (Wildman–Crippen LogP) is 3.12. The molecule has 0 bridgehead atoms. The first-order valence-corrected chi connectivity index (χ1v) is 12.6. The minimum Gasteiger partial charge on any atom is -0.379 e. The van der Waals surface area contributed by atoms with Gasteiger partial charge in [0.2, 0.25) is 0 Å². The maximum absolute atomic E-state index is 13.0. The van der Waals surface area contributed by atoms with Crippen molar-refractivity contribution in [3.8, 4) is 0 Å². The van der Waals surface area contributed by atoms with Gasteiger partial charge in [-0.15, -0.1) is 11.3 Å². The zero-order valence-corrected chi connectivity index (χ0v) is 18.5. The Kier molecular flexibility index (Phi) is 5.51. The molecule has 0 radical (unpaired) electrons. The van der Waals surface area contributed by atoms with Crippen molar-refractivity contribution in [2.24, 2.45) is 0 Å². The van der Waals surface area contributed by atoms with Crippen molar-refractivity contribution in [2.75, 3.05) is 26.3 Å². The largest absolute Gasteiger partial charge is 0.379 e. The van der Waals surface area contributed by atoms with E-state index in [0.29, 0.717) is 42.0 Å². The number of nitrogens with zero attached hydrogens (tertiary/aromatic N) is 2. The average molecular weight is 458 g/mol. The molecule has 2 aliphatic rings. The van der Waals surface area contributed by atoms with Crippen LogP contribution in [0.15, 0.2) is 46.7 Å². The Bertz CT molecular complexity index is 1230. The summed E-state index contributed by atoms with van der Waals surface area (Å²) < 4.78 is 32.6. The lowest BCUT2D eigenvalue weighted by Crippen LogP contribution is -2.40. The fraction of sp³-hybridized carbons (Fsp3) is 0.364. The van der Waals surface area contributed by atoms with E-state index in [-0.39, 0.29) is 12.5 Å². The molecule has 0 atom stereocenters. The Morgan fingerprint density at radius 3 is 2.71 bits per heavy atom. The first-order chi connectivity index (χ1) is 15.0. The number of benzene rings is 1. The predicted molar refractivity (Wildman–Crippen MR) is 119 cm³/mol. The lowest BCUT2D eigenvalue weighted by molar-refractivity contribution is 0.0731. The number of carbonyl (C=O) groups excluding carboxylic acids is 1. The van der Waals surface area contributed by atoms with Crippen molar-refractivity contribution < 1.29 is 17.9 Å². The van der Waals surface area contributed by atoms with Gasteiger partial charge in [0.25, 0.3) is 15.9 Å². The number of thiophene rings is 1. The van der Waals surface area contributed by atoms with E-state index in [1.54, 1.807) is 12.1 Å². The van der Waals surface area contributed by atoms with Gasteiger partial charge in [-0.3, -0.25) is 9.78 Å². The summed E-state index contributed by atoms with van der Waals surface area (Å²) in [5, 5.41) is 3.78. The molecule has 1 saturated carbocycles. The molecule has 3 heterocycles. The fourth-order valence-electron chi connectivity index (χ4n) is 3.74. The smallest absolute Gasteiger partial charge is 0.252 e. The monoisotopic (exact) mass is 457 g/mol. The highest BCUT2D eigenvalue weighted by Gasteiger charge is 2.28. The zero-order chi connectivity index (χ0) is 21.4. The zero-order valence-electron chi connectivity index (χ0n) is 16.9. The number of hydrogen-bond donors (Lipinski definition) is 1. The molecule has 0 unspecified atom stereocenters. The fourth-order valence-corrected chi connectivity index (χ4v) is 6.60. The van der Waals surface area contributed by atoms with Gasteiger partial charge >= 0.3 is 0 Å². The number of para-hydroxylation sites is 1. The topological polar surface area (TPSA) is 88.6 Å². The minimum atomic E-state index is -3.52. The molecule has 1 N–H and O–H groups in total. The Labute approximate surface area is 185 Å². The maximum atomic E-state index is 13.0. The molecule has 1 aliphatic carbocycles. The molecule has 31 heavy (non-hydrogen) atoms. The van der Waals surface area contributed by atoms with Crippen LogP contribution in [0, 0.1) is 0 Å². The lowest BCUT2D eigenvalue weighted by Gasteiger charge is -2.25. The highest BCUT2D eigenvalue weighted by Crippen LogP contribution is 2.40. The quantitative estimate of drug-likeness (QED) is 0.614. The molecule has 7 nitrogen and oxygen atoms in total. The van der Waals surface area contributed by atoms with Gasteiger partial charge in [0.1, 0.15) is 4.21 Å². The number of amides is 1. The normalized spacial score (nSPS) is 17.7. The lowest BCUT2D eigenvalue weighted by atomic mass is 10.1. The minimum absolute atomic E-state index is 0.175.